The van der Waals surface area contributed by atoms with Gasteiger partial charge in [-0.15, -0.1) is 0 Å². The van der Waals surface area contributed by atoms with E-state index in [0.717, 1.165) is 5.39 Å². The van der Waals surface area contributed by atoms with Gasteiger partial charge in [-0.2, -0.15) is 0 Å². The summed E-state index contributed by atoms with van der Waals surface area (Å²) >= 11 is 6.45. The molecule has 3 aromatic rings. The minimum Gasteiger partial charge on any atom is -0.489 e. The van der Waals surface area contributed by atoms with E-state index in [2.05, 4.69) is 27.2 Å². The number of halogens is 1. The van der Waals surface area contributed by atoms with E-state index in [1.807, 2.05) is 6.07 Å². The van der Waals surface area contributed by atoms with Crippen LogP contribution in [0.1, 0.15) is 12.8 Å². The first-order valence-electron chi connectivity index (χ1n) is 10.3. The predicted octanol–water partition coefficient (Wildman–Crippen LogP) is 4.67. The third-order valence-corrected chi connectivity index (χ3v) is 5.58. The molecule has 0 saturated carbocycles. The van der Waals surface area contributed by atoms with Gasteiger partial charge >= 0.3 is 6.09 Å². The lowest BCUT2D eigenvalue weighted by Gasteiger charge is -2.30. The van der Waals surface area contributed by atoms with Crippen LogP contribution in [-0.2, 0) is 4.79 Å². The van der Waals surface area contributed by atoms with Crippen LogP contribution >= 0.6 is 11.6 Å². The summed E-state index contributed by atoms with van der Waals surface area (Å²) in [6, 6.07) is 10.7. The maximum Gasteiger partial charge on any atom is 0.407 e. The van der Waals surface area contributed by atoms with Gasteiger partial charge in [-0.05, 0) is 42.5 Å². The maximum absolute atomic E-state index is 11.6. The quantitative estimate of drug-likeness (QED) is 0.451. The Morgan fingerprint density at radius 1 is 1.15 bits per heavy atom. The van der Waals surface area contributed by atoms with Crippen molar-refractivity contribution < 1.29 is 19.4 Å². The zero-order chi connectivity index (χ0) is 23.4. The molecule has 3 N–H and O–H groups in total. The van der Waals surface area contributed by atoms with Crippen molar-refractivity contribution in [3.05, 3.63) is 60.4 Å². The first kappa shape index (κ1) is 22.3. The van der Waals surface area contributed by atoms with Gasteiger partial charge in [0.2, 0.25) is 5.91 Å². The van der Waals surface area contributed by atoms with Gasteiger partial charge in [0.15, 0.2) is 0 Å². The molecule has 0 bridgehead atoms. The second kappa shape index (κ2) is 9.74. The molecular weight excluding hydrogens is 446 g/mol. The SMILES string of the molecule is C=CC(=O)Nc1ccc2ncnc(Nc3ccc(OC4CCN(C(=O)O)CC4)c(Cl)c3)c2c1. The Labute approximate surface area is 195 Å². The molecule has 2 aromatic carbocycles. The van der Waals surface area contributed by atoms with E-state index in [1.165, 1.54) is 17.3 Å². The summed E-state index contributed by atoms with van der Waals surface area (Å²) < 4.78 is 6.00. The molecule has 9 nitrogen and oxygen atoms in total. The van der Waals surface area contributed by atoms with E-state index in [0.29, 0.717) is 59.4 Å². The highest BCUT2D eigenvalue weighted by atomic mass is 35.5. The molecule has 10 heteroatoms. The molecule has 2 heterocycles. The summed E-state index contributed by atoms with van der Waals surface area (Å²) in [5, 5.41) is 16.2. The number of nitrogens with one attached hydrogen (secondary N) is 2. The van der Waals surface area contributed by atoms with Gasteiger partial charge in [0, 0.05) is 42.7 Å². The summed E-state index contributed by atoms with van der Waals surface area (Å²) in [4.78, 5) is 32.6. The molecule has 1 fully saturated rings. The number of aromatic nitrogens is 2. The smallest absolute Gasteiger partial charge is 0.407 e. The Morgan fingerprint density at radius 2 is 1.91 bits per heavy atom. The fraction of sp³-hybridized carbons (Fsp3) is 0.217. The molecule has 1 aliphatic rings. The van der Waals surface area contributed by atoms with Crippen LogP contribution in [0.5, 0.6) is 5.75 Å². The Kier molecular flexibility index (Phi) is 6.60. The number of likely N-dealkylation sites (tertiary alicyclic amines) is 1. The number of anilines is 3. The van der Waals surface area contributed by atoms with Gasteiger partial charge in [-0.3, -0.25) is 4.79 Å². The van der Waals surface area contributed by atoms with Crippen molar-refractivity contribution in [1.29, 1.82) is 0 Å². The molecule has 2 amide bonds. The number of amides is 2. The standard InChI is InChI=1S/C23H22ClN5O4/c1-2-21(30)27-14-3-5-19-17(11-14)22(26-13-25-19)28-15-4-6-20(18(24)12-15)33-16-7-9-29(10-8-16)23(31)32/h2-6,11-13,16H,1,7-10H2,(H,27,30)(H,31,32)(H,25,26,28). The van der Waals surface area contributed by atoms with Crippen molar-refractivity contribution in [2.24, 2.45) is 0 Å². The second-order valence-electron chi connectivity index (χ2n) is 7.50. The van der Waals surface area contributed by atoms with E-state index in [-0.39, 0.29) is 12.0 Å². The Hall–Kier alpha value is -3.85. The fourth-order valence-corrected chi connectivity index (χ4v) is 3.81. The predicted molar refractivity (Wildman–Crippen MR) is 126 cm³/mol. The molecular formula is C23H22ClN5O4. The van der Waals surface area contributed by atoms with E-state index in [4.69, 9.17) is 21.4 Å². The first-order valence-corrected chi connectivity index (χ1v) is 10.7. The second-order valence-corrected chi connectivity index (χ2v) is 7.91. The molecule has 0 atom stereocenters. The molecule has 0 spiro atoms. The minimum absolute atomic E-state index is 0.0908. The Balaban J connectivity index is 1.48. The number of carboxylic acid groups (broad SMARTS) is 1. The van der Waals surface area contributed by atoms with Gasteiger partial charge < -0.3 is 25.4 Å². The fourth-order valence-electron chi connectivity index (χ4n) is 3.58. The zero-order valence-electron chi connectivity index (χ0n) is 17.6. The molecule has 0 radical (unpaired) electrons. The minimum atomic E-state index is -0.908. The average Bonchev–Trinajstić information content (AvgIpc) is 2.81. The van der Waals surface area contributed by atoms with Crippen LogP contribution in [0.25, 0.3) is 10.9 Å². The van der Waals surface area contributed by atoms with Crippen LogP contribution in [0, 0.1) is 0 Å². The van der Waals surface area contributed by atoms with Gasteiger partial charge in [-0.1, -0.05) is 18.2 Å². The summed E-state index contributed by atoms with van der Waals surface area (Å²) in [7, 11) is 0. The Morgan fingerprint density at radius 3 is 2.61 bits per heavy atom. The van der Waals surface area contributed by atoms with Crippen LogP contribution in [0.4, 0.5) is 22.0 Å². The summed E-state index contributed by atoms with van der Waals surface area (Å²) in [5.41, 5.74) is 2.01. The number of ether oxygens (including phenoxy) is 1. The van der Waals surface area contributed by atoms with E-state index < -0.39 is 6.09 Å². The number of rotatable bonds is 6. The van der Waals surface area contributed by atoms with Gasteiger partial charge in [0.25, 0.3) is 0 Å². The van der Waals surface area contributed by atoms with Crippen LogP contribution in [0.15, 0.2) is 55.4 Å². The lowest BCUT2D eigenvalue weighted by atomic mass is 10.1. The van der Waals surface area contributed by atoms with Crippen molar-refractivity contribution >= 4 is 51.7 Å². The third kappa shape index (κ3) is 5.32. The van der Waals surface area contributed by atoms with Crippen molar-refractivity contribution in [3.8, 4) is 5.75 Å². The van der Waals surface area contributed by atoms with Gasteiger partial charge in [0.05, 0.1) is 10.5 Å². The van der Waals surface area contributed by atoms with Crippen LogP contribution in [0.2, 0.25) is 5.02 Å². The van der Waals surface area contributed by atoms with Crippen molar-refractivity contribution in [2.75, 3.05) is 23.7 Å². The van der Waals surface area contributed by atoms with E-state index in [1.54, 1.807) is 30.3 Å². The first-order chi connectivity index (χ1) is 15.9. The molecule has 1 aliphatic heterocycles. The molecule has 170 valence electrons. The number of carbonyl (C=O) groups excluding carboxylic acids is 1. The maximum atomic E-state index is 11.6. The summed E-state index contributed by atoms with van der Waals surface area (Å²) in [5.74, 6) is 0.787. The van der Waals surface area contributed by atoms with Crippen LogP contribution in [0.3, 0.4) is 0 Å². The van der Waals surface area contributed by atoms with Crippen molar-refractivity contribution in [2.45, 2.75) is 18.9 Å². The monoisotopic (exact) mass is 467 g/mol. The largest absolute Gasteiger partial charge is 0.489 e. The lowest BCUT2D eigenvalue weighted by molar-refractivity contribution is -0.111. The van der Waals surface area contributed by atoms with Crippen molar-refractivity contribution in [1.82, 2.24) is 14.9 Å². The normalized spacial score (nSPS) is 14.0. The molecule has 4 rings (SSSR count). The van der Waals surface area contributed by atoms with Crippen molar-refractivity contribution in [3.63, 3.8) is 0 Å². The topological polar surface area (TPSA) is 117 Å². The Bertz CT molecular complexity index is 1210. The van der Waals surface area contributed by atoms with Crippen LogP contribution in [-0.4, -0.2) is 51.2 Å². The average molecular weight is 468 g/mol. The number of hydrogen-bond acceptors (Lipinski definition) is 6. The summed E-state index contributed by atoms with van der Waals surface area (Å²) in [6.07, 6.45) is 2.88. The molecule has 0 unspecified atom stereocenters. The third-order valence-electron chi connectivity index (χ3n) is 5.29. The molecule has 0 aliphatic carbocycles. The number of fused-ring (bicyclic) bond motifs is 1. The summed E-state index contributed by atoms with van der Waals surface area (Å²) in [6.45, 7) is 4.33. The molecule has 1 saturated heterocycles. The highest BCUT2D eigenvalue weighted by Gasteiger charge is 2.24. The number of carbonyl (C=O) groups is 2. The number of benzene rings is 2. The van der Waals surface area contributed by atoms with Crippen LogP contribution < -0.4 is 15.4 Å². The van der Waals surface area contributed by atoms with Gasteiger partial charge in [0.1, 0.15) is 24.0 Å². The number of piperidine rings is 1. The highest BCUT2D eigenvalue weighted by molar-refractivity contribution is 6.32. The molecule has 33 heavy (non-hydrogen) atoms. The highest BCUT2D eigenvalue weighted by Crippen LogP contribution is 2.32. The molecule has 1 aromatic heterocycles. The number of hydrogen-bond donors (Lipinski definition) is 3. The lowest BCUT2D eigenvalue weighted by Crippen LogP contribution is -2.41. The zero-order valence-corrected chi connectivity index (χ0v) is 18.4. The number of nitrogens with zero attached hydrogens (tertiary/aromatic N) is 3. The van der Waals surface area contributed by atoms with E-state index >= 15 is 0 Å². The van der Waals surface area contributed by atoms with Gasteiger partial charge in [-0.25, -0.2) is 14.8 Å². The van der Waals surface area contributed by atoms with E-state index in [9.17, 15) is 9.59 Å².